The van der Waals surface area contributed by atoms with Crippen LogP contribution in [0, 0.1) is 11.6 Å². The summed E-state index contributed by atoms with van der Waals surface area (Å²) < 4.78 is 63.7. The molecule has 4 N–H and O–H groups in total. The molecule has 0 aromatic heterocycles. The van der Waals surface area contributed by atoms with Crippen LogP contribution in [0.3, 0.4) is 0 Å². The summed E-state index contributed by atoms with van der Waals surface area (Å²) in [4.78, 5) is 31.9. The number of halogens is 5. The van der Waals surface area contributed by atoms with Crippen molar-refractivity contribution < 1.29 is 46.2 Å². The van der Waals surface area contributed by atoms with E-state index >= 15 is 0 Å². The van der Waals surface area contributed by atoms with Crippen LogP contribution in [0.2, 0.25) is 0 Å². The molecule has 1 aliphatic rings. The standard InChI is InChI=1S/C15H19F2N3O3.C2HF3O2/c1-8(14(21)20-15(22)18-2)19-12-5-6-23-13(12)9-3-4-10(16)11(17)7-9;3-2(4,5)1(6)7/h3-4,7-8,12-13,19H,5-6H2,1-2H3,(H2,18,20,21,22);(H,6,7)/t8?,12-,13+;/m1./s1. The number of rotatable bonds is 4. The second kappa shape index (κ2) is 10.8. The van der Waals surface area contributed by atoms with Crippen molar-refractivity contribution in [1.82, 2.24) is 16.0 Å². The van der Waals surface area contributed by atoms with Gasteiger partial charge in [0.2, 0.25) is 5.91 Å². The van der Waals surface area contributed by atoms with E-state index in [1.54, 1.807) is 6.92 Å². The van der Waals surface area contributed by atoms with Crippen LogP contribution in [0.15, 0.2) is 18.2 Å². The van der Waals surface area contributed by atoms with Crippen LogP contribution >= 0.6 is 0 Å². The van der Waals surface area contributed by atoms with Crippen molar-refractivity contribution in [2.24, 2.45) is 0 Å². The Morgan fingerprint density at radius 3 is 2.30 bits per heavy atom. The number of carboxylic acid groups (broad SMARTS) is 1. The number of carbonyl (C=O) groups excluding carboxylic acids is 2. The van der Waals surface area contributed by atoms with Gasteiger partial charge in [0.15, 0.2) is 11.6 Å². The molecule has 30 heavy (non-hydrogen) atoms. The second-order valence-corrected chi connectivity index (χ2v) is 6.12. The van der Waals surface area contributed by atoms with Crippen LogP contribution < -0.4 is 16.0 Å². The summed E-state index contributed by atoms with van der Waals surface area (Å²) >= 11 is 0. The molecule has 8 nitrogen and oxygen atoms in total. The molecule has 3 atom stereocenters. The lowest BCUT2D eigenvalue weighted by Gasteiger charge is -2.23. The molecule has 1 saturated heterocycles. The summed E-state index contributed by atoms with van der Waals surface area (Å²) in [5.74, 6) is -5.11. The topological polar surface area (TPSA) is 117 Å². The molecule has 1 aromatic rings. The number of hydrogen-bond acceptors (Lipinski definition) is 5. The van der Waals surface area contributed by atoms with Gasteiger partial charge in [0, 0.05) is 19.7 Å². The first-order valence-electron chi connectivity index (χ1n) is 8.52. The van der Waals surface area contributed by atoms with E-state index in [1.165, 1.54) is 13.1 Å². The SMILES string of the molecule is CNC(=O)NC(=O)C(C)N[C@@H]1CCO[C@H]1c1ccc(F)c(F)c1.O=C(O)C(F)(F)F. The molecule has 0 bridgehead atoms. The van der Waals surface area contributed by atoms with E-state index in [2.05, 4.69) is 16.0 Å². The zero-order valence-corrected chi connectivity index (χ0v) is 15.8. The van der Waals surface area contributed by atoms with E-state index in [0.29, 0.717) is 18.6 Å². The number of imide groups is 1. The van der Waals surface area contributed by atoms with Crippen LogP contribution in [-0.4, -0.2) is 54.9 Å². The Hall–Kier alpha value is -2.80. The van der Waals surface area contributed by atoms with Gasteiger partial charge in [-0.2, -0.15) is 13.2 Å². The van der Waals surface area contributed by atoms with Gasteiger partial charge in [0.05, 0.1) is 12.1 Å². The number of carbonyl (C=O) groups is 3. The summed E-state index contributed by atoms with van der Waals surface area (Å²) in [6, 6.07) is 2.11. The highest BCUT2D eigenvalue weighted by Crippen LogP contribution is 2.30. The minimum atomic E-state index is -5.08. The minimum absolute atomic E-state index is 0.245. The number of urea groups is 1. The summed E-state index contributed by atoms with van der Waals surface area (Å²) in [5, 5.41) is 14.6. The number of nitrogens with one attached hydrogen (secondary N) is 3. The van der Waals surface area contributed by atoms with Gasteiger partial charge in [-0.3, -0.25) is 10.1 Å². The van der Waals surface area contributed by atoms with Gasteiger partial charge < -0.3 is 20.5 Å². The smallest absolute Gasteiger partial charge is 0.475 e. The maximum atomic E-state index is 13.4. The molecule has 1 unspecified atom stereocenters. The maximum Gasteiger partial charge on any atom is 0.490 e. The lowest BCUT2D eigenvalue weighted by Crippen LogP contribution is -2.50. The van der Waals surface area contributed by atoms with E-state index in [1.807, 2.05) is 0 Å². The highest BCUT2D eigenvalue weighted by molar-refractivity contribution is 5.96. The zero-order chi connectivity index (χ0) is 23.1. The maximum absolute atomic E-state index is 13.4. The van der Waals surface area contributed by atoms with Gasteiger partial charge in [0.1, 0.15) is 0 Å². The van der Waals surface area contributed by atoms with Crippen molar-refractivity contribution in [2.75, 3.05) is 13.7 Å². The van der Waals surface area contributed by atoms with Crippen molar-refractivity contribution in [3.05, 3.63) is 35.4 Å². The van der Waals surface area contributed by atoms with Crippen LogP contribution in [-0.2, 0) is 14.3 Å². The Morgan fingerprint density at radius 2 is 1.80 bits per heavy atom. The predicted octanol–water partition coefficient (Wildman–Crippen LogP) is 1.86. The largest absolute Gasteiger partial charge is 0.490 e. The molecule has 2 rings (SSSR count). The molecule has 0 radical (unpaired) electrons. The number of alkyl halides is 3. The number of amides is 3. The Bertz CT molecular complexity index is 775. The second-order valence-electron chi connectivity index (χ2n) is 6.12. The number of hydrogen-bond donors (Lipinski definition) is 4. The van der Waals surface area contributed by atoms with Gasteiger partial charge in [-0.25, -0.2) is 18.4 Å². The summed E-state index contributed by atoms with van der Waals surface area (Å²) in [6.45, 7) is 2.05. The molecular weight excluding hydrogens is 421 g/mol. The third-order valence-corrected chi connectivity index (χ3v) is 3.93. The lowest BCUT2D eigenvalue weighted by atomic mass is 10.0. The summed E-state index contributed by atoms with van der Waals surface area (Å²) in [6.07, 6.45) is -4.96. The lowest BCUT2D eigenvalue weighted by molar-refractivity contribution is -0.192. The molecular formula is C17H20F5N3O5. The first-order chi connectivity index (χ1) is 13.9. The highest BCUT2D eigenvalue weighted by Gasteiger charge is 2.38. The molecule has 3 amide bonds. The number of ether oxygens (including phenoxy) is 1. The molecule has 1 fully saturated rings. The van der Waals surface area contributed by atoms with E-state index < -0.39 is 47.9 Å². The normalized spacial score (nSPS) is 19.3. The van der Waals surface area contributed by atoms with E-state index in [0.717, 1.165) is 12.1 Å². The van der Waals surface area contributed by atoms with Crippen molar-refractivity contribution in [2.45, 2.75) is 37.7 Å². The van der Waals surface area contributed by atoms with E-state index in [9.17, 15) is 31.5 Å². The van der Waals surface area contributed by atoms with Gasteiger partial charge in [-0.15, -0.1) is 0 Å². The van der Waals surface area contributed by atoms with Crippen LogP contribution in [0.4, 0.5) is 26.7 Å². The Kier molecular flexibility index (Phi) is 9.11. The summed E-state index contributed by atoms with van der Waals surface area (Å²) in [7, 11) is 1.41. The van der Waals surface area contributed by atoms with Crippen molar-refractivity contribution in [1.29, 1.82) is 0 Å². The molecule has 13 heteroatoms. The molecule has 1 aromatic carbocycles. The first-order valence-corrected chi connectivity index (χ1v) is 8.52. The Morgan fingerprint density at radius 1 is 1.20 bits per heavy atom. The van der Waals surface area contributed by atoms with Gasteiger partial charge in [-0.1, -0.05) is 6.07 Å². The fraction of sp³-hybridized carbons (Fsp3) is 0.471. The molecule has 0 aliphatic carbocycles. The van der Waals surface area contributed by atoms with Gasteiger partial charge in [0.25, 0.3) is 0 Å². The third kappa shape index (κ3) is 7.55. The van der Waals surface area contributed by atoms with Crippen molar-refractivity contribution in [3.63, 3.8) is 0 Å². The van der Waals surface area contributed by atoms with E-state index in [-0.39, 0.29) is 6.04 Å². The fourth-order valence-electron chi connectivity index (χ4n) is 2.46. The van der Waals surface area contributed by atoms with E-state index in [4.69, 9.17) is 14.6 Å². The van der Waals surface area contributed by atoms with Gasteiger partial charge in [-0.05, 0) is 31.0 Å². The Labute approximate surface area is 167 Å². The average Bonchev–Trinajstić information content (AvgIpc) is 3.11. The van der Waals surface area contributed by atoms with Crippen molar-refractivity contribution in [3.8, 4) is 0 Å². The number of carboxylic acids is 1. The van der Waals surface area contributed by atoms with Gasteiger partial charge >= 0.3 is 18.2 Å². The first kappa shape index (κ1) is 25.2. The summed E-state index contributed by atoms with van der Waals surface area (Å²) in [5.41, 5.74) is 0.498. The molecule has 0 spiro atoms. The third-order valence-electron chi connectivity index (χ3n) is 3.93. The fourth-order valence-corrected chi connectivity index (χ4v) is 2.46. The molecule has 168 valence electrons. The zero-order valence-electron chi connectivity index (χ0n) is 15.8. The Balaban J connectivity index is 0.000000553. The molecule has 1 heterocycles. The quantitative estimate of drug-likeness (QED) is 0.530. The molecule has 0 saturated carbocycles. The molecule has 1 aliphatic heterocycles. The number of benzene rings is 1. The number of aliphatic carboxylic acids is 1. The highest BCUT2D eigenvalue weighted by atomic mass is 19.4. The minimum Gasteiger partial charge on any atom is -0.475 e. The average molecular weight is 441 g/mol. The monoisotopic (exact) mass is 441 g/mol. The van der Waals surface area contributed by atoms with Crippen LogP contribution in [0.5, 0.6) is 0 Å². The van der Waals surface area contributed by atoms with Crippen LogP contribution in [0.25, 0.3) is 0 Å². The van der Waals surface area contributed by atoms with Crippen LogP contribution in [0.1, 0.15) is 25.0 Å². The van der Waals surface area contributed by atoms with Crippen molar-refractivity contribution >= 4 is 17.9 Å². The predicted molar refractivity (Wildman–Crippen MR) is 92.3 cm³/mol.